The van der Waals surface area contributed by atoms with Crippen molar-refractivity contribution < 1.29 is 29.3 Å². The predicted octanol–water partition coefficient (Wildman–Crippen LogP) is 2.35. The van der Waals surface area contributed by atoms with Gasteiger partial charge in [0.2, 0.25) is 5.78 Å². The molecule has 0 amide bonds. The van der Waals surface area contributed by atoms with Crippen molar-refractivity contribution in [1.82, 2.24) is 0 Å². The molecule has 7 unspecified atom stereocenters. The molecule has 160 valence electrons. The zero-order chi connectivity index (χ0) is 21.2. The van der Waals surface area contributed by atoms with Gasteiger partial charge in [0, 0.05) is 13.3 Å². The van der Waals surface area contributed by atoms with Crippen LogP contribution in [0.1, 0.15) is 65.7 Å². The van der Waals surface area contributed by atoms with Crippen molar-refractivity contribution in [1.29, 1.82) is 0 Å². The number of hydrogen-bond donors (Lipinski definition) is 2. The molecule has 4 rings (SSSR count). The second-order valence-corrected chi connectivity index (χ2v) is 10.1. The van der Waals surface area contributed by atoms with Crippen LogP contribution < -0.4 is 0 Å². The first-order chi connectivity index (χ1) is 13.5. The molecular weight excluding hydrogens is 372 g/mol. The van der Waals surface area contributed by atoms with E-state index in [9.17, 15) is 24.6 Å². The molecule has 4 aliphatic carbocycles. The maximum Gasteiger partial charge on any atom is 0.303 e. The van der Waals surface area contributed by atoms with E-state index in [0.717, 1.165) is 19.3 Å². The number of esters is 1. The number of rotatable bonds is 3. The zero-order valence-corrected chi connectivity index (χ0v) is 17.6. The lowest BCUT2D eigenvalue weighted by Gasteiger charge is -2.57. The van der Waals surface area contributed by atoms with Crippen molar-refractivity contribution in [3.63, 3.8) is 0 Å². The number of Topliss-reactive ketones (excluding diaryl/α,β-unsaturated/α-hetero) is 2. The van der Waals surface area contributed by atoms with E-state index in [1.54, 1.807) is 6.92 Å². The van der Waals surface area contributed by atoms with Crippen LogP contribution in [0.15, 0.2) is 11.6 Å². The molecule has 4 aliphatic rings. The third-order valence-corrected chi connectivity index (χ3v) is 8.94. The van der Waals surface area contributed by atoms with Crippen molar-refractivity contribution in [3.05, 3.63) is 11.6 Å². The Kier molecular flexibility index (Phi) is 4.82. The number of fused-ring (bicyclic) bond motifs is 5. The minimum absolute atomic E-state index is 0.0477. The van der Waals surface area contributed by atoms with Gasteiger partial charge in [-0.3, -0.25) is 14.4 Å². The van der Waals surface area contributed by atoms with Gasteiger partial charge < -0.3 is 14.9 Å². The van der Waals surface area contributed by atoms with Crippen molar-refractivity contribution in [2.45, 2.75) is 77.4 Å². The summed E-state index contributed by atoms with van der Waals surface area (Å²) in [6.45, 7) is 4.71. The van der Waals surface area contributed by atoms with Crippen molar-refractivity contribution in [2.24, 2.45) is 28.6 Å². The number of aliphatic hydroxyl groups is 2. The Morgan fingerprint density at radius 2 is 1.90 bits per heavy atom. The van der Waals surface area contributed by atoms with Crippen LogP contribution >= 0.6 is 0 Å². The SMILES string of the molecule is CC(=O)OCC(=O)C1(O)CCC2C3CC=C4CC(O)CCC4(C)C3CC(=O)C21C. The smallest absolute Gasteiger partial charge is 0.303 e. The van der Waals surface area contributed by atoms with Gasteiger partial charge >= 0.3 is 5.97 Å². The molecule has 3 saturated carbocycles. The van der Waals surface area contributed by atoms with E-state index in [0.29, 0.717) is 19.3 Å². The monoisotopic (exact) mass is 404 g/mol. The van der Waals surface area contributed by atoms with Crippen LogP contribution in [0.5, 0.6) is 0 Å². The number of carbonyl (C=O) groups excluding carboxylic acids is 3. The van der Waals surface area contributed by atoms with Crippen LogP contribution in [-0.2, 0) is 19.1 Å². The molecule has 29 heavy (non-hydrogen) atoms. The molecule has 3 fully saturated rings. The van der Waals surface area contributed by atoms with Crippen molar-refractivity contribution in [2.75, 3.05) is 6.61 Å². The van der Waals surface area contributed by atoms with Crippen LogP contribution in [0.2, 0.25) is 0 Å². The van der Waals surface area contributed by atoms with Crippen molar-refractivity contribution in [3.8, 4) is 0 Å². The van der Waals surface area contributed by atoms with Crippen LogP contribution in [0.3, 0.4) is 0 Å². The lowest BCUT2D eigenvalue weighted by atomic mass is 9.46. The lowest BCUT2D eigenvalue weighted by molar-refractivity contribution is -0.175. The summed E-state index contributed by atoms with van der Waals surface area (Å²) >= 11 is 0. The van der Waals surface area contributed by atoms with E-state index in [2.05, 4.69) is 13.0 Å². The van der Waals surface area contributed by atoms with E-state index >= 15 is 0 Å². The Morgan fingerprint density at radius 3 is 2.59 bits per heavy atom. The lowest BCUT2D eigenvalue weighted by Crippen LogP contribution is -2.62. The normalized spacial score (nSPS) is 46.2. The fourth-order valence-electron chi connectivity index (χ4n) is 7.12. The molecule has 0 bridgehead atoms. The van der Waals surface area contributed by atoms with E-state index in [1.165, 1.54) is 12.5 Å². The van der Waals surface area contributed by atoms with Gasteiger partial charge in [-0.2, -0.15) is 0 Å². The molecule has 0 spiro atoms. The van der Waals surface area contributed by atoms with Gasteiger partial charge in [-0.1, -0.05) is 18.6 Å². The molecule has 2 N–H and O–H groups in total. The number of aliphatic hydroxyl groups excluding tert-OH is 1. The summed E-state index contributed by atoms with van der Waals surface area (Å²) < 4.78 is 4.85. The number of carbonyl (C=O) groups is 3. The maximum absolute atomic E-state index is 13.5. The summed E-state index contributed by atoms with van der Waals surface area (Å²) in [7, 11) is 0. The van der Waals surface area contributed by atoms with E-state index < -0.39 is 29.4 Å². The fraction of sp³-hybridized carbons (Fsp3) is 0.783. The van der Waals surface area contributed by atoms with Crippen LogP contribution in [0, 0.1) is 28.6 Å². The molecular formula is C23H32O6. The molecule has 6 nitrogen and oxygen atoms in total. The second-order valence-electron chi connectivity index (χ2n) is 10.1. The Morgan fingerprint density at radius 1 is 1.17 bits per heavy atom. The quantitative estimate of drug-likeness (QED) is 0.553. The van der Waals surface area contributed by atoms with E-state index in [4.69, 9.17) is 4.74 Å². The highest BCUT2D eigenvalue weighted by molar-refractivity contribution is 5.99. The van der Waals surface area contributed by atoms with E-state index in [-0.39, 0.29) is 41.5 Å². The topological polar surface area (TPSA) is 101 Å². The molecule has 0 aliphatic heterocycles. The Balaban J connectivity index is 1.66. The first-order valence-electron chi connectivity index (χ1n) is 10.8. The Hall–Kier alpha value is -1.53. The second kappa shape index (κ2) is 6.74. The average molecular weight is 405 g/mol. The highest BCUT2D eigenvalue weighted by Gasteiger charge is 2.69. The largest absolute Gasteiger partial charge is 0.458 e. The summed E-state index contributed by atoms with van der Waals surface area (Å²) in [5.74, 6) is -0.837. The van der Waals surface area contributed by atoms with Gasteiger partial charge in [0.25, 0.3) is 0 Å². The third-order valence-electron chi connectivity index (χ3n) is 8.94. The first-order valence-corrected chi connectivity index (χ1v) is 10.8. The minimum atomic E-state index is -1.77. The molecule has 0 aromatic carbocycles. The summed E-state index contributed by atoms with van der Waals surface area (Å²) in [6, 6.07) is 0. The van der Waals surface area contributed by atoms with Gasteiger partial charge in [0.1, 0.15) is 11.4 Å². The van der Waals surface area contributed by atoms with Gasteiger partial charge in [-0.15, -0.1) is 0 Å². The predicted molar refractivity (Wildman–Crippen MR) is 105 cm³/mol. The standard InChI is InChI=1S/C23H32O6/c1-13(24)29-12-20(27)23(28)9-7-17-16-5-4-14-10-15(25)6-8-21(14,2)18(16)11-19(26)22(17,23)3/h4,15-18,25,28H,5-12H2,1-3H3. The summed E-state index contributed by atoms with van der Waals surface area (Å²) in [5.41, 5.74) is -1.74. The highest BCUT2D eigenvalue weighted by atomic mass is 16.5. The van der Waals surface area contributed by atoms with Gasteiger partial charge in [0.05, 0.1) is 11.5 Å². The third kappa shape index (κ3) is 2.78. The van der Waals surface area contributed by atoms with E-state index in [1.807, 2.05) is 0 Å². The zero-order valence-electron chi connectivity index (χ0n) is 17.6. The molecule has 0 heterocycles. The number of ketones is 2. The number of ether oxygens (including phenoxy) is 1. The van der Waals surface area contributed by atoms with Crippen molar-refractivity contribution >= 4 is 17.5 Å². The van der Waals surface area contributed by atoms with Gasteiger partial charge in [-0.25, -0.2) is 0 Å². The molecule has 7 atom stereocenters. The van der Waals surface area contributed by atoms with Crippen LogP contribution in [-0.4, -0.2) is 46.1 Å². The van der Waals surface area contributed by atoms with Gasteiger partial charge in [0.15, 0.2) is 6.61 Å². The molecule has 0 aromatic heterocycles. The maximum atomic E-state index is 13.5. The number of hydrogen-bond acceptors (Lipinski definition) is 6. The Bertz CT molecular complexity index is 786. The average Bonchev–Trinajstić information content (AvgIpc) is 2.95. The molecule has 0 saturated heterocycles. The minimum Gasteiger partial charge on any atom is -0.458 e. The number of allylic oxidation sites excluding steroid dienone is 1. The molecule has 0 aromatic rings. The Labute approximate surface area is 171 Å². The molecule has 6 heteroatoms. The summed E-state index contributed by atoms with van der Waals surface area (Å²) in [4.78, 5) is 37.5. The summed E-state index contributed by atoms with van der Waals surface area (Å²) in [5, 5.41) is 21.5. The fourth-order valence-corrected chi connectivity index (χ4v) is 7.12. The van der Waals surface area contributed by atoms with Crippen LogP contribution in [0.25, 0.3) is 0 Å². The summed E-state index contributed by atoms with van der Waals surface area (Å²) in [6.07, 6.45) is 6.27. The first kappa shape index (κ1) is 20.7. The highest BCUT2D eigenvalue weighted by Crippen LogP contribution is 2.66. The molecule has 0 radical (unpaired) electrons. The van der Waals surface area contributed by atoms with Gasteiger partial charge in [-0.05, 0) is 68.6 Å². The van der Waals surface area contributed by atoms with Crippen LogP contribution in [0.4, 0.5) is 0 Å².